The summed E-state index contributed by atoms with van der Waals surface area (Å²) in [7, 11) is 1.03. The summed E-state index contributed by atoms with van der Waals surface area (Å²) < 4.78 is 34.3. The van der Waals surface area contributed by atoms with Crippen molar-refractivity contribution in [1.29, 1.82) is 0 Å². The third-order valence-electron chi connectivity index (χ3n) is 6.26. The molecule has 0 unspecified atom stereocenters. The van der Waals surface area contributed by atoms with E-state index in [0.29, 0.717) is 18.1 Å². The summed E-state index contributed by atoms with van der Waals surface area (Å²) in [4.78, 5) is 19.1. The van der Waals surface area contributed by atoms with Gasteiger partial charge in [-0.3, -0.25) is 0 Å². The van der Waals surface area contributed by atoms with E-state index < -0.39 is 16.2 Å². The molecule has 9 nitrogen and oxygen atoms in total. The molecule has 2 aromatic rings. The number of fused-ring (bicyclic) bond motifs is 1. The first-order valence-electron chi connectivity index (χ1n) is 10.7. The van der Waals surface area contributed by atoms with Gasteiger partial charge in [-0.1, -0.05) is 12.1 Å². The second kappa shape index (κ2) is 11.1. The number of carbonyl (C=O) groups excluding carboxylic acids is 1. The summed E-state index contributed by atoms with van der Waals surface area (Å²) in [6, 6.07) is 6.71. The zero-order valence-corrected chi connectivity index (χ0v) is 23.5. The third kappa shape index (κ3) is 5.96. The number of nitrogens with zero attached hydrogens (tertiary/aromatic N) is 3. The number of hydrogen-bond acceptors (Lipinski definition) is 6. The number of urea groups is 1. The van der Waals surface area contributed by atoms with Crippen LogP contribution in [0.2, 0.25) is 0 Å². The molecule has 4 rings (SSSR count). The minimum absolute atomic E-state index is 0. The Morgan fingerprint density at radius 2 is 2.06 bits per heavy atom. The molecular weight excluding hydrogens is 469 g/mol. The van der Waals surface area contributed by atoms with Crippen LogP contribution in [0.3, 0.4) is 0 Å². The largest absolute Gasteiger partial charge is 0.481 e. The number of ether oxygens (including phenoxy) is 1. The first-order chi connectivity index (χ1) is 15.3. The van der Waals surface area contributed by atoms with Gasteiger partial charge >= 0.3 is 16.2 Å². The topological polar surface area (TPSA) is 104 Å². The smallest absolute Gasteiger partial charge is 0.333 e. The van der Waals surface area contributed by atoms with Crippen molar-refractivity contribution in [1.82, 2.24) is 18.9 Å². The molecule has 1 atom stereocenters. The molecule has 2 aliphatic rings. The van der Waals surface area contributed by atoms with Crippen molar-refractivity contribution in [2.75, 3.05) is 39.6 Å². The SMILES string of the molecule is COc1cc(-c2ccc3c(c2NC(=O)NS(=O)(=O)N(C)[C@H]2CCN(C)C2)CCC3)ccn1.[K]. The molecular formula is C22H29KN5O4S. The summed E-state index contributed by atoms with van der Waals surface area (Å²) >= 11 is 0. The van der Waals surface area contributed by atoms with Gasteiger partial charge in [-0.25, -0.2) is 14.5 Å². The molecule has 1 saturated heterocycles. The normalized spacial score (nSPS) is 18.0. The van der Waals surface area contributed by atoms with E-state index in [1.165, 1.54) is 16.9 Å². The Morgan fingerprint density at radius 3 is 2.76 bits per heavy atom. The summed E-state index contributed by atoms with van der Waals surface area (Å²) in [5.41, 5.74) is 4.46. The van der Waals surface area contributed by atoms with E-state index >= 15 is 0 Å². The van der Waals surface area contributed by atoms with Crippen molar-refractivity contribution >= 4 is 73.3 Å². The van der Waals surface area contributed by atoms with Gasteiger partial charge in [0, 0.05) is 88.8 Å². The van der Waals surface area contributed by atoms with Crippen LogP contribution in [-0.4, -0.2) is 120 Å². The number of pyridine rings is 1. The number of aryl methyl sites for hydroxylation is 1. The Labute approximate surface area is 237 Å². The zero-order valence-electron chi connectivity index (χ0n) is 19.6. The van der Waals surface area contributed by atoms with Crippen LogP contribution in [0.1, 0.15) is 24.0 Å². The molecule has 2 amide bonds. The summed E-state index contributed by atoms with van der Waals surface area (Å²) in [6.07, 6.45) is 5.12. The molecule has 1 fully saturated rings. The fourth-order valence-electron chi connectivity index (χ4n) is 4.47. The van der Waals surface area contributed by atoms with Crippen LogP contribution in [0.4, 0.5) is 10.5 Å². The average molecular weight is 499 g/mol. The maximum Gasteiger partial charge on any atom is 0.333 e. The molecule has 11 heteroatoms. The second-order valence-electron chi connectivity index (χ2n) is 8.35. The van der Waals surface area contributed by atoms with Gasteiger partial charge in [0.1, 0.15) is 0 Å². The standard InChI is InChI=1S/C22H29N5O4S.K/c1-26-12-10-17(14-26)27(2)32(29,30)25-22(28)24-21-18-6-4-5-15(18)7-8-19(21)16-9-11-23-20(13-16)31-3;/h7-9,11,13,17H,4-6,10,12,14H2,1-3H3,(H2,24,25,28);/t17-;/m0./s1. The number of hydrogen-bond donors (Lipinski definition) is 2. The van der Waals surface area contributed by atoms with Gasteiger partial charge in [0.25, 0.3) is 0 Å². The van der Waals surface area contributed by atoms with Crippen molar-refractivity contribution in [2.45, 2.75) is 31.7 Å². The number of nitrogens with one attached hydrogen (secondary N) is 2. The Bertz CT molecular complexity index is 1130. The van der Waals surface area contributed by atoms with Crippen LogP contribution >= 0.6 is 0 Å². The summed E-state index contributed by atoms with van der Waals surface area (Å²) in [6.45, 7) is 1.46. The number of amides is 2. The van der Waals surface area contributed by atoms with Crippen LogP contribution in [0, 0.1) is 0 Å². The minimum Gasteiger partial charge on any atom is -0.481 e. The molecule has 0 saturated carbocycles. The number of methoxy groups -OCH3 is 1. The number of anilines is 1. The molecule has 173 valence electrons. The van der Waals surface area contributed by atoms with Crippen LogP contribution in [-0.2, 0) is 23.1 Å². The van der Waals surface area contributed by atoms with E-state index in [2.05, 4.69) is 26.0 Å². The number of aromatic nitrogens is 1. The van der Waals surface area contributed by atoms with Crippen LogP contribution in [0.15, 0.2) is 30.5 Å². The molecule has 1 aromatic heterocycles. The zero-order chi connectivity index (χ0) is 22.9. The van der Waals surface area contributed by atoms with Crippen molar-refractivity contribution in [3.63, 3.8) is 0 Å². The first-order valence-corrected chi connectivity index (χ1v) is 12.1. The number of likely N-dealkylation sites (tertiary alicyclic amines) is 1. The predicted molar refractivity (Wildman–Crippen MR) is 129 cm³/mol. The van der Waals surface area contributed by atoms with Gasteiger partial charge in [0.15, 0.2) is 0 Å². The quantitative estimate of drug-likeness (QED) is 0.590. The van der Waals surface area contributed by atoms with E-state index in [0.717, 1.165) is 48.9 Å². The molecule has 0 spiro atoms. The van der Waals surface area contributed by atoms with E-state index in [9.17, 15) is 13.2 Å². The number of rotatable bonds is 6. The van der Waals surface area contributed by atoms with Gasteiger partial charge in [-0.15, -0.1) is 0 Å². The van der Waals surface area contributed by atoms with Gasteiger partial charge < -0.3 is 15.0 Å². The van der Waals surface area contributed by atoms with Crippen molar-refractivity contribution in [3.8, 4) is 17.0 Å². The maximum absolute atomic E-state index is 12.8. The van der Waals surface area contributed by atoms with Gasteiger partial charge in [0.05, 0.1) is 12.8 Å². The molecule has 33 heavy (non-hydrogen) atoms. The van der Waals surface area contributed by atoms with Gasteiger partial charge in [0.2, 0.25) is 5.88 Å². The molecule has 1 aliphatic heterocycles. The van der Waals surface area contributed by atoms with Crippen LogP contribution in [0.5, 0.6) is 5.88 Å². The Morgan fingerprint density at radius 1 is 1.27 bits per heavy atom. The van der Waals surface area contributed by atoms with Gasteiger partial charge in [-0.2, -0.15) is 12.7 Å². The number of benzene rings is 1. The molecule has 1 aliphatic carbocycles. The van der Waals surface area contributed by atoms with E-state index in [1.54, 1.807) is 19.4 Å². The first kappa shape index (κ1) is 26.5. The van der Waals surface area contributed by atoms with Crippen molar-refractivity contribution in [2.24, 2.45) is 0 Å². The Balaban J connectivity index is 0.00000306. The average Bonchev–Trinajstić information content (AvgIpc) is 3.42. The fraction of sp³-hybridized carbons (Fsp3) is 0.455. The Hall–Kier alpha value is -1.05. The monoisotopic (exact) mass is 498 g/mol. The summed E-state index contributed by atoms with van der Waals surface area (Å²) in [5.74, 6) is 0.462. The number of carbonyl (C=O) groups is 1. The minimum atomic E-state index is -3.97. The fourth-order valence-corrected chi connectivity index (χ4v) is 5.47. The van der Waals surface area contributed by atoms with E-state index in [-0.39, 0.29) is 57.4 Å². The predicted octanol–water partition coefficient (Wildman–Crippen LogP) is 1.87. The molecule has 2 N–H and O–H groups in total. The molecule has 2 heterocycles. The van der Waals surface area contributed by atoms with Crippen LogP contribution in [0.25, 0.3) is 11.1 Å². The Kier molecular flexibility index (Phi) is 8.95. The van der Waals surface area contributed by atoms with Crippen molar-refractivity contribution in [3.05, 3.63) is 41.6 Å². The van der Waals surface area contributed by atoms with Crippen LogP contribution < -0.4 is 14.8 Å². The van der Waals surface area contributed by atoms with E-state index in [1.807, 2.05) is 19.2 Å². The molecule has 1 radical (unpaired) electrons. The third-order valence-corrected chi connectivity index (χ3v) is 7.76. The molecule has 0 bridgehead atoms. The number of likely N-dealkylation sites (N-methyl/N-ethyl adjacent to an activating group) is 2. The van der Waals surface area contributed by atoms with Gasteiger partial charge in [-0.05, 0) is 62.0 Å². The summed E-state index contributed by atoms with van der Waals surface area (Å²) in [5, 5.41) is 2.83. The van der Waals surface area contributed by atoms with Crippen molar-refractivity contribution < 1.29 is 17.9 Å². The molecule has 1 aromatic carbocycles. The second-order valence-corrected chi connectivity index (χ2v) is 10.1. The maximum atomic E-state index is 12.8. The van der Waals surface area contributed by atoms with E-state index in [4.69, 9.17) is 4.74 Å².